The van der Waals surface area contributed by atoms with Gasteiger partial charge in [0.2, 0.25) is 0 Å². The first-order chi connectivity index (χ1) is 7.24. The van der Waals surface area contributed by atoms with Crippen molar-refractivity contribution in [3.63, 3.8) is 0 Å². The van der Waals surface area contributed by atoms with Gasteiger partial charge in [0.25, 0.3) is 0 Å². The number of imidazole rings is 1. The summed E-state index contributed by atoms with van der Waals surface area (Å²) in [6, 6.07) is 0. The van der Waals surface area contributed by atoms with Gasteiger partial charge in [0, 0.05) is 20.6 Å². The maximum absolute atomic E-state index is 8.86. The molecular formula is C9H14ClN5O. The van der Waals surface area contributed by atoms with Crippen molar-refractivity contribution in [2.75, 3.05) is 25.1 Å². The topological polar surface area (TPSA) is 67.1 Å². The van der Waals surface area contributed by atoms with Gasteiger partial charge in [-0.15, -0.1) is 12.4 Å². The number of rotatable bonds is 3. The van der Waals surface area contributed by atoms with Crippen LogP contribution >= 0.6 is 12.4 Å². The van der Waals surface area contributed by atoms with Crippen molar-refractivity contribution in [2.45, 2.75) is 0 Å². The lowest BCUT2D eigenvalue weighted by atomic mass is 10.4. The molecule has 2 heterocycles. The Bertz CT molecular complexity index is 472. The first kappa shape index (κ1) is 12.7. The zero-order valence-corrected chi connectivity index (χ0v) is 9.98. The van der Waals surface area contributed by atoms with Crippen LogP contribution in [0.25, 0.3) is 11.2 Å². The monoisotopic (exact) mass is 243 g/mol. The molecule has 0 amide bonds. The summed E-state index contributed by atoms with van der Waals surface area (Å²) in [5, 5.41) is 8.86. The summed E-state index contributed by atoms with van der Waals surface area (Å²) < 4.78 is 1.84. The maximum atomic E-state index is 8.86. The SMILES string of the molecule is CN(CCO)c1ncnc2c1ncn2C.Cl. The van der Waals surface area contributed by atoms with Crippen LogP contribution in [0, 0.1) is 0 Å². The molecule has 0 saturated carbocycles. The van der Waals surface area contributed by atoms with Crippen LogP contribution in [0.5, 0.6) is 0 Å². The van der Waals surface area contributed by atoms with Crippen molar-refractivity contribution in [3.8, 4) is 0 Å². The first-order valence-electron chi connectivity index (χ1n) is 4.68. The lowest BCUT2D eigenvalue weighted by Gasteiger charge is -2.16. The Labute approximate surface area is 99.4 Å². The highest BCUT2D eigenvalue weighted by molar-refractivity contribution is 5.85. The van der Waals surface area contributed by atoms with Crippen molar-refractivity contribution in [3.05, 3.63) is 12.7 Å². The fourth-order valence-corrected chi connectivity index (χ4v) is 1.47. The van der Waals surface area contributed by atoms with Gasteiger partial charge in [-0.2, -0.15) is 0 Å². The zero-order chi connectivity index (χ0) is 10.8. The second-order valence-electron chi connectivity index (χ2n) is 3.37. The predicted octanol–water partition coefficient (Wildman–Crippen LogP) is 0.214. The molecule has 88 valence electrons. The number of aryl methyl sites for hydroxylation is 1. The average Bonchev–Trinajstić information content (AvgIpc) is 2.61. The predicted molar refractivity (Wildman–Crippen MR) is 63.9 cm³/mol. The largest absolute Gasteiger partial charge is 0.395 e. The molecule has 2 aromatic heterocycles. The third-order valence-electron chi connectivity index (χ3n) is 2.27. The molecule has 2 rings (SSSR count). The fraction of sp³-hybridized carbons (Fsp3) is 0.444. The van der Waals surface area contributed by atoms with Crippen molar-refractivity contribution in [1.29, 1.82) is 0 Å². The lowest BCUT2D eigenvalue weighted by Crippen LogP contribution is -2.22. The molecule has 0 aromatic carbocycles. The second-order valence-corrected chi connectivity index (χ2v) is 3.37. The Morgan fingerprint density at radius 3 is 2.81 bits per heavy atom. The molecule has 0 saturated heterocycles. The highest BCUT2D eigenvalue weighted by Crippen LogP contribution is 2.18. The van der Waals surface area contributed by atoms with Gasteiger partial charge in [-0.25, -0.2) is 15.0 Å². The lowest BCUT2D eigenvalue weighted by molar-refractivity contribution is 0.304. The van der Waals surface area contributed by atoms with E-state index < -0.39 is 0 Å². The molecule has 0 aliphatic carbocycles. The van der Waals surface area contributed by atoms with Crippen molar-refractivity contribution >= 4 is 29.4 Å². The number of hydrogen-bond acceptors (Lipinski definition) is 5. The zero-order valence-electron chi connectivity index (χ0n) is 9.16. The molecule has 1 N–H and O–H groups in total. The number of nitrogens with zero attached hydrogens (tertiary/aromatic N) is 5. The molecule has 7 heteroatoms. The van der Waals surface area contributed by atoms with Crippen LogP contribution in [0.3, 0.4) is 0 Å². The molecule has 0 radical (unpaired) electrons. The molecular weight excluding hydrogens is 230 g/mol. The van der Waals surface area contributed by atoms with Crippen molar-refractivity contribution < 1.29 is 5.11 Å². The van der Waals surface area contributed by atoms with Gasteiger partial charge in [0.1, 0.15) is 6.33 Å². The van der Waals surface area contributed by atoms with E-state index in [0.29, 0.717) is 6.54 Å². The minimum absolute atomic E-state index is 0. The van der Waals surface area contributed by atoms with Gasteiger partial charge in [-0.3, -0.25) is 0 Å². The minimum Gasteiger partial charge on any atom is -0.395 e. The standard InChI is InChI=1S/C9H13N5O.ClH/c1-13(3-4-15)8-7-9(11-5-10-8)14(2)6-12-7;/h5-6,15H,3-4H2,1-2H3;1H. The van der Waals surface area contributed by atoms with E-state index in [-0.39, 0.29) is 19.0 Å². The summed E-state index contributed by atoms with van der Waals surface area (Å²) in [6.45, 7) is 0.623. The minimum atomic E-state index is 0. The average molecular weight is 244 g/mol. The van der Waals surface area contributed by atoms with E-state index in [1.54, 1.807) is 6.33 Å². The third-order valence-corrected chi connectivity index (χ3v) is 2.27. The van der Waals surface area contributed by atoms with E-state index in [1.807, 2.05) is 23.6 Å². The number of anilines is 1. The summed E-state index contributed by atoms with van der Waals surface area (Å²) in [5.41, 5.74) is 1.56. The van der Waals surface area contributed by atoms with Gasteiger partial charge >= 0.3 is 0 Å². The smallest absolute Gasteiger partial charge is 0.165 e. The van der Waals surface area contributed by atoms with Crippen LogP contribution in [0.1, 0.15) is 0 Å². The van der Waals surface area contributed by atoms with Crippen LogP contribution in [0.2, 0.25) is 0 Å². The fourth-order valence-electron chi connectivity index (χ4n) is 1.47. The van der Waals surface area contributed by atoms with Gasteiger partial charge in [0.15, 0.2) is 17.0 Å². The Morgan fingerprint density at radius 1 is 1.38 bits per heavy atom. The number of aliphatic hydroxyl groups is 1. The number of aromatic nitrogens is 4. The maximum Gasteiger partial charge on any atom is 0.165 e. The van der Waals surface area contributed by atoms with Crippen molar-refractivity contribution in [1.82, 2.24) is 19.5 Å². The molecule has 6 nitrogen and oxygen atoms in total. The molecule has 0 spiro atoms. The highest BCUT2D eigenvalue weighted by Gasteiger charge is 2.11. The normalized spacial score (nSPS) is 10.2. The van der Waals surface area contributed by atoms with Crippen molar-refractivity contribution in [2.24, 2.45) is 7.05 Å². The summed E-state index contributed by atoms with van der Waals surface area (Å²) in [5.74, 6) is 0.745. The quantitative estimate of drug-likeness (QED) is 0.835. The number of fused-ring (bicyclic) bond motifs is 1. The highest BCUT2D eigenvalue weighted by atomic mass is 35.5. The Kier molecular flexibility index (Phi) is 4.03. The van der Waals surface area contributed by atoms with Crippen LogP contribution in [0.15, 0.2) is 12.7 Å². The second kappa shape index (κ2) is 5.09. The van der Waals surface area contributed by atoms with Gasteiger partial charge in [-0.1, -0.05) is 0 Å². The van der Waals surface area contributed by atoms with E-state index in [9.17, 15) is 0 Å². The van der Waals surface area contributed by atoms with Gasteiger partial charge in [-0.05, 0) is 0 Å². The van der Waals surface area contributed by atoms with E-state index in [1.165, 1.54) is 6.33 Å². The Morgan fingerprint density at radius 2 is 2.12 bits per heavy atom. The molecule has 0 atom stereocenters. The number of aliphatic hydroxyl groups excluding tert-OH is 1. The van der Waals surface area contributed by atoms with Crippen LogP contribution in [-0.2, 0) is 7.05 Å². The van der Waals surface area contributed by atoms with Gasteiger partial charge < -0.3 is 14.6 Å². The van der Waals surface area contributed by atoms with E-state index in [4.69, 9.17) is 5.11 Å². The van der Waals surface area contributed by atoms with E-state index in [0.717, 1.165) is 17.0 Å². The molecule has 16 heavy (non-hydrogen) atoms. The third kappa shape index (κ3) is 2.07. The number of halogens is 1. The van der Waals surface area contributed by atoms with Crippen LogP contribution < -0.4 is 4.90 Å². The number of likely N-dealkylation sites (N-methyl/N-ethyl adjacent to an activating group) is 1. The Balaban J connectivity index is 0.00000128. The molecule has 2 aromatic rings. The molecule has 0 aliphatic rings. The number of hydrogen-bond donors (Lipinski definition) is 1. The molecule has 0 bridgehead atoms. The summed E-state index contributed by atoms with van der Waals surface area (Å²) in [7, 11) is 3.75. The molecule has 0 aliphatic heterocycles. The summed E-state index contributed by atoms with van der Waals surface area (Å²) in [4.78, 5) is 14.4. The van der Waals surface area contributed by atoms with Gasteiger partial charge in [0.05, 0.1) is 12.9 Å². The van der Waals surface area contributed by atoms with E-state index in [2.05, 4.69) is 15.0 Å². The summed E-state index contributed by atoms with van der Waals surface area (Å²) in [6.07, 6.45) is 3.21. The molecule has 0 fully saturated rings. The van der Waals surface area contributed by atoms with Crippen LogP contribution in [-0.4, -0.2) is 44.8 Å². The van der Waals surface area contributed by atoms with Crippen LogP contribution in [0.4, 0.5) is 5.82 Å². The molecule has 0 unspecified atom stereocenters. The summed E-state index contributed by atoms with van der Waals surface area (Å²) >= 11 is 0. The Hall–Kier alpha value is -1.40. The van der Waals surface area contributed by atoms with E-state index >= 15 is 0 Å². The first-order valence-corrected chi connectivity index (χ1v) is 4.68.